The number of hydrogen-bond acceptors (Lipinski definition) is 7. The first-order valence-electron chi connectivity index (χ1n) is 10.7. The number of carboxylic acid groups (broad SMARTS) is 3. The molecule has 0 aromatic heterocycles. The van der Waals surface area contributed by atoms with E-state index in [0.29, 0.717) is 0 Å². The molecule has 1 aliphatic rings. The van der Waals surface area contributed by atoms with Crippen molar-refractivity contribution in [3.63, 3.8) is 0 Å². The first-order valence-corrected chi connectivity index (χ1v) is 10.7. The maximum atomic E-state index is 11.6. The molecule has 0 aromatic carbocycles. The highest BCUT2D eigenvalue weighted by atomic mass is 16.4. The molecule has 11 N–H and O–H groups in total. The van der Waals surface area contributed by atoms with Gasteiger partial charge in [0.1, 0.15) is 6.04 Å². The number of nitrogens with two attached hydrogens (primary N) is 3. The molecule has 0 aromatic rings. The largest absolute Gasteiger partial charge is 0.481 e. The van der Waals surface area contributed by atoms with Crippen LogP contribution in [0.2, 0.25) is 0 Å². The normalized spacial score (nSPS) is 23.6. The number of rotatable bonds is 11. The molecular weight excluding hydrogens is 438 g/mol. The van der Waals surface area contributed by atoms with Crippen LogP contribution in [0.25, 0.3) is 0 Å². The number of aliphatic hydroxyl groups is 1. The van der Waals surface area contributed by atoms with Crippen LogP contribution in [0.15, 0.2) is 4.99 Å². The van der Waals surface area contributed by atoms with E-state index < -0.39 is 47.9 Å². The number of aliphatic carboxylic acids is 3. The van der Waals surface area contributed by atoms with Gasteiger partial charge in [-0.25, -0.2) is 4.99 Å². The van der Waals surface area contributed by atoms with Crippen LogP contribution in [-0.4, -0.2) is 74.4 Å². The molecule has 13 heteroatoms. The van der Waals surface area contributed by atoms with E-state index in [1.807, 2.05) is 13.8 Å². The standard InChI is InChI=1S/C15H28N4O4.C5H9NO4/c1-4-8(5-2)12(18-7(3)20)11-10(19-15(16)17)6-9(13(11)21)14(22)23;6-3(5(9)10)1-2-4(7)8/h8-13,21H,4-6H2,1-3H3,(H,18,20)(H,22,23)(H4,16,17,19);3H,1-2,6H2,(H,7,8)(H,9,10)/t9-,10+,11+,12-,13+;/m0./s1. The van der Waals surface area contributed by atoms with Crippen molar-refractivity contribution in [3.8, 4) is 0 Å². The molecule has 1 fully saturated rings. The first-order chi connectivity index (χ1) is 15.3. The van der Waals surface area contributed by atoms with Gasteiger partial charge in [-0.2, -0.15) is 0 Å². The van der Waals surface area contributed by atoms with Crippen molar-refractivity contribution in [1.29, 1.82) is 0 Å². The lowest BCUT2D eigenvalue weighted by atomic mass is 9.80. The van der Waals surface area contributed by atoms with Gasteiger partial charge in [0.2, 0.25) is 5.91 Å². The summed E-state index contributed by atoms with van der Waals surface area (Å²) in [5.41, 5.74) is 15.9. The zero-order chi connectivity index (χ0) is 25.9. The highest BCUT2D eigenvalue weighted by Crippen LogP contribution is 2.39. The van der Waals surface area contributed by atoms with Crippen LogP contribution >= 0.6 is 0 Å². The van der Waals surface area contributed by atoms with E-state index >= 15 is 0 Å². The molecule has 0 heterocycles. The Hall–Kier alpha value is -2.93. The van der Waals surface area contributed by atoms with E-state index in [-0.39, 0.29) is 43.1 Å². The molecule has 1 saturated carbocycles. The van der Waals surface area contributed by atoms with Gasteiger partial charge >= 0.3 is 17.9 Å². The number of carboxylic acids is 3. The fourth-order valence-electron chi connectivity index (χ4n) is 4.04. The lowest BCUT2D eigenvalue weighted by Crippen LogP contribution is -2.51. The second-order valence-corrected chi connectivity index (χ2v) is 8.05. The summed E-state index contributed by atoms with van der Waals surface area (Å²) in [4.78, 5) is 47.0. The van der Waals surface area contributed by atoms with Crippen LogP contribution in [-0.2, 0) is 19.2 Å². The number of aliphatic imine (C=N–C) groups is 1. The van der Waals surface area contributed by atoms with Gasteiger partial charge in [0.25, 0.3) is 0 Å². The molecule has 1 aliphatic carbocycles. The summed E-state index contributed by atoms with van der Waals surface area (Å²) < 4.78 is 0. The van der Waals surface area contributed by atoms with E-state index in [9.17, 15) is 29.4 Å². The van der Waals surface area contributed by atoms with Gasteiger partial charge in [0.15, 0.2) is 5.96 Å². The molecule has 1 rings (SSSR count). The molecular formula is C20H37N5O8. The summed E-state index contributed by atoms with van der Waals surface area (Å²) in [7, 11) is 0. The van der Waals surface area contributed by atoms with E-state index in [1.165, 1.54) is 6.92 Å². The summed E-state index contributed by atoms with van der Waals surface area (Å²) in [6.45, 7) is 5.39. The Kier molecular flexibility index (Phi) is 13.0. The minimum Gasteiger partial charge on any atom is -0.481 e. The van der Waals surface area contributed by atoms with Crippen molar-refractivity contribution in [2.24, 2.45) is 39.9 Å². The van der Waals surface area contributed by atoms with Crippen LogP contribution < -0.4 is 22.5 Å². The third-order valence-electron chi connectivity index (χ3n) is 5.71. The van der Waals surface area contributed by atoms with Crippen molar-refractivity contribution in [2.45, 2.75) is 77.1 Å². The zero-order valence-electron chi connectivity index (χ0n) is 19.2. The molecule has 0 saturated heterocycles. The van der Waals surface area contributed by atoms with Crippen molar-refractivity contribution in [2.75, 3.05) is 0 Å². The Labute approximate surface area is 192 Å². The number of nitrogens with zero attached hydrogens (tertiary/aromatic N) is 1. The van der Waals surface area contributed by atoms with Gasteiger partial charge in [-0.15, -0.1) is 0 Å². The predicted molar refractivity (Wildman–Crippen MR) is 119 cm³/mol. The third kappa shape index (κ3) is 10.0. The quantitative estimate of drug-likeness (QED) is 0.132. The van der Waals surface area contributed by atoms with Gasteiger partial charge in [-0.1, -0.05) is 26.7 Å². The van der Waals surface area contributed by atoms with Crippen molar-refractivity contribution >= 4 is 29.8 Å². The molecule has 0 spiro atoms. The Bertz CT molecular complexity index is 709. The number of hydrogen-bond donors (Lipinski definition) is 8. The fourth-order valence-corrected chi connectivity index (χ4v) is 4.04. The van der Waals surface area contributed by atoms with Gasteiger partial charge in [-0.3, -0.25) is 19.2 Å². The second-order valence-electron chi connectivity index (χ2n) is 8.05. The summed E-state index contributed by atoms with van der Waals surface area (Å²) in [5, 5.41) is 39.0. The molecule has 0 bridgehead atoms. The average Bonchev–Trinajstić information content (AvgIpc) is 3.01. The first kappa shape index (κ1) is 30.1. The van der Waals surface area contributed by atoms with E-state index in [1.54, 1.807) is 0 Å². The number of guanidine groups is 1. The monoisotopic (exact) mass is 475 g/mol. The van der Waals surface area contributed by atoms with Gasteiger partial charge < -0.3 is 42.9 Å². The summed E-state index contributed by atoms with van der Waals surface area (Å²) in [6.07, 6.45) is 0.388. The molecule has 13 nitrogen and oxygen atoms in total. The molecule has 33 heavy (non-hydrogen) atoms. The molecule has 1 amide bonds. The SMILES string of the molecule is CCC(CC)[C@H](NC(C)=O)[C@@H]1[C@H](O)[C@@H](C(=O)O)C[C@H]1N=C(N)N.NC(CCC(=O)O)C(=O)O. The fraction of sp³-hybridized carbons (Fsp3) is 0.750. The molecule has 6 atom stereocenters. The molecule has 1 unspecified atom stereocenters. The van der Waals surface area contributed by atoms with E-state index in [2.05, 4.69) is 10.3 Å². The van der Waals surface area contributed by atoms with Crippen LogP contribution in [0.4, 0.5) is 0 Å². The summed E-state index contributed by atoms with van der Waals surface area (Å²) in [5.74, 6) is -5.03. The van der Waals surface area contributed by atoms with E-state index in [4.69, 9.17) is 27.4 Å². The van der Waals surface area contributed by atoms with Crippen LogP contribution in [0, 0.1) is 17.8 Å². The van der Waals surface area contributed by atoms with Crippen LogP contribution in [0.1, 0.15) is 52.9 Å². The van der Waals surface area contributed by atoms with Crippen LogP contribution in [0.5, 0.6) is 0 Å². The summed E-state index contributed by atoms with van der Waals surface area (Å²) >= 11 is 0. The highest BCUT2D eigenvalue weighted by Gasteiger charge is 2.50. The van der Waals surface area contributed by atoms with Gasteiger partial charge in [0, 0.05) is 25.3 Å². The Morgan fingerprint density at radius 1 is 1.09 bits per heavy atom. The number of aliphatic hydroxyl groups excluding tert-OH is 1. The maximum absolute atomic E-state index is 11.6. The molecule has 190 valence electrons. The van der Waals surface area contributed by atoms with Gasteiger partial charge in [0.05, 0.1) is 18.1 Å². The minimum absolute atomic E-state index is 0.0231. The zero-order valence-corrected chi connectivity index (χ0v) is 19.2. The lowest BCUT2D eigenvalue weighted by Gasteiger charge is -2.35. The predicted octanol–water partition coefficient (Wildman–Crippen LogP) is -1.09. The number of nitrogens with one attached hydrogen (secondary N) is 1. The summed E-state index contributed by atoms with van der Waals surface area (Å²) in [6, 6.07) is -1.97. The van der Waals surface area contributed by atoms with Crippen molar-refractivity contribution < 1.29 is 39.6 Å². The molecule has 0 radical (unpaired) electrons. The minimum atomic E-state index is -1.17. The smallest absolute Gasteiger partial charge is 0.320 e. The van der Waals surface area contributed by atoms with Gasteiger partial charge in [-0.05, 0) is 18.8 Å². The topological polar surface area (TPSA) is 252 Å². The Morgan fingerprint density at radius 2 is 1.64 bits per heavy atom. The van der Waals surface area contributed by atoms with Crippen molar-refractivity contribution in [3.05, 3.63) is 0 Å². The van der Waals surface area contributed by atoms with Crippen LogP contribution in [0.3, 0.4) is 0 Å². The van der Waals surface area contributed by atoms with Crippen molar-refractivity contribution in [1.82, 2.24) is 5.32 Å². The average molecular weight is 476 g/mol. The lowest BCUT2D eigenvalue weighted by molar-refractivity contribution is -0.145. The number of carbonyl (C=O) groups excluding carboxylic acids is 1. The Morgan fingerprint density at radius 3 is 2.00 bits per heavy atom. The number of amides is 1. The second kappa shape index (κ2) is 14.3. The maximum Gasteiger partial charge on any atom is 0.320 e. The number of carbonyl (C=O) groups is 4. The molecule has 0 aliphatic heterocycles. The third-order valence-corrected chi connectivity index (χ3v) is 5.71. The van der Waals surface area contributed by atoms with E-state index in [0.717, 1.165) is 12.8 Å². The highest BCUT2D eigenvalue weighted by molar-refractivity contribution is 5.77. The Balaban J connectivity index is 0.000000861.